The van der Waals surface area contributed by atoms with E-state index < -0.39 is 5.97 Å². The minimum absolute atomic E-state index is 0.219. The predicted octanol–water partition coefficient (Wildman–Crippen LogP) is 3.23. The fourth-order valence-electron chi connectivity index (χ4n) is 1.72. The first kappa shape index (κ1) is 14.6. The van der Waals surface area contributed by atoms with Crippen molar-refractivity contribution in [1.82, 2.24) is 0 Å². The molecule has 0 atom stereocenters. The lowest BCUT2D eigenvalue weighted by atomic mass is 10.2. The highest BCUT2D eigenvalue weighted by Crippen LogP contribution is 2.12. The molecule has 0 aliphatic carbocycles. The van der Waals surface area contributed by atoms with Gasteiger partial charge in [0.15, 0.2) is 0 Å². The molecule has 0 aliphatic heterocycles. The zero-order valence-corrected chi connectivity index (χ0v) is 11.6. The summed E-state index contributed by atoms with van der Waals surface area (Å²) in [7, 11) is 0. The van der Waals surface area contributed by atoms with Crippen LogP contribution >= 0.6 is 0 Å². The third kappa shape index (κ3) is 4.35. The molecule has 2 aromatic rings. The van der Waals surface area contributed by atoms with Gasteiger partial charge in [0.05, 0.1) is 24.1 Å². The van der Waals surface area contributed by atoms with Crippen molar-refractivity contribution >= 4 is 17.9 Å². The third-order valence-corrected chi connectivity index (χ3v) is 2.71. The van der Waals surface area contributed by atoms with Crippen LogP contribution in [0.3, 0.4) is 0 Å². The molecule has 0 unspecified atom stereocenters. The van der Waals surface area contributed by atoms with Gasteiger partial charge in [-0.2, -0.15) is 5.10 Å². The topological polar surface area (TPSA) is 70.9 Å². The summed E-state index contributed by atoms with van der Waals surface area (Å²) in [6.45, 7) is 2.57. The van der Waals surface area contributed by atoms with Crippen molar-refractivity contribution in [3.05, 3.63) is 59.7 Å². The Morgan fingerprint density at radius 2 is 2.05 bits per heavy atom. The normalized spacial score (nSPS) is 10.5. The molecule has 2 N–H and O–H groups in total. The Morgan fingerprint density at radius 1 is 1.29 bits per heavy atom. The Hall–Kier alpha value is -2.82. The number of hydrogen-bond donors (Lipinski definition) is 2. The van der Waals surface area contributed by atoms with E-state index in [0.29, 0.717) is 12.3 Å². The minimum atomic E-state index is -0.964. The van der Waals surface area contributed by atoms with Crippen molar-refractivity contribution in [2.75, 3.05) is 12.0 Å². The number of hydrazone groups is 1. The monoisotopic (exact) mass is 284 g/mol. The number of carbonyl (C=O) groups is 1. The van der Waals surface area contributed by atoms with Crippen LogP contribution in [0.5, 0.6) is 5.75 Å². The van der Waals surface area contributed by atoms with E-state index in [4.69, 9.17) is 9.84 Å². The standard InChI is InChI=1S/C16H16N2O3/c1-2-21-15-8-6-12(7-9-15)11-17-18-14-5-3-4-13(10-14)16(19)20/h3-11,18H,2H2,1H3,(H,19,20)/b17-11+. The van der Waals surface area contributed by atoms with Crippen molar-refractivity contribution in [3.8, 4) is 5.75 Å². The number of hydrogen-bond acceptors (Lipinski definition) is 4. The Labute approximate surface area is 122 Å². The summed E-state index contributed by atoms with van der Waals surface area (Å²) >= 11 is 0. The molecule has 0 saturated heterocycles. The van der Waals surface area contributed by atoms with Gasteiger partial charge >= 0.3 is 5.97 Å². The number of aromatic carboxylic acids is 1. The third-order valence-electron chi connectivity index (χ3n) is 2.71. The maximum atomic E-state index is 10.9. The van der Waals surface area contributed by atoms with E-state index in [1.165, 1.54) is 12.1 Å². The van der Waals surface area contributed by atoms with E-state index >= 15 is 0 Å². The molecule has 0 fully saturated rings. The fourth-order valence-corrected chi connectivity index (χ4v) is 1.72. The van der Waals surface area contributed by atoms with Gasteiger partial charge in [0, 0.05) is 0 Å². The van der Waals surface area contributed by atoms with E-state index in [-0.39, 0.29) is 5.56 Å². The van der Waals surface area contributed by atoms with E-state index in [0.717, 1.165) is 11.3 Å². The van der Waals surface area contributed by atoms with Gasteiger partial charge in [0.2, 0.25) is 0 Å². The number of benzene rings is 2. The van der Waals surface area contributed by atoms with Gasteiger partial charge in [-0.15, -0.1) is 0 Å². The summed E-state index contributed by atoms with van der Waals surface area (Å²) in [5.74, 6) is -0.147. The highest BCUT2D eigenvalue weighted by atomic mass is 16.5. The SMILES string of the molecule is CCOc1ccc(/C=N/Nc2cccc(C(=O)O)c2)cc1. The number of carboxylic acids is 1. The second kappa shape index (κ2) is 7.09. The van der Waals surface area contributed by atoms with Gasteiger partial charge in [-0.3, -0.25) is 5.43 Å². The lowest BCUT2D eigenvalue weighted by Gasteiger charge is -2.03. The Bertz CT molecular complexity index is 636. The molecule has 5 heteroatoms. The van der Waals surface area contributed by atoms with Crippen molar-refractivity contribution in [1.29, 1.82) is 0 Å². The van der Waals surface area contributed by atoms with E-state index in [1.54, 1.807) is 18.3 Å². The molecule has 5 nitrogen and oxygen atoms in total. The lowest BCUT2D eigenvalue weighted by molar-refractivity contribution is 0.0697. The highest BCUT2D eigenvalue weighted by Gasteiger charge is 2.01. The van der Waals surface area contributed by atoms with E-state index in [1.807, 2.05) is 31.2 Å². The first-order valence-electron chi connectivity index (χ1n) is 6.54. The van der Waals surface area contributed by atoms with Gasteiger partial charge < -0.3 is 9.84 Å². The maximum Gasteiger partial charge on any atom is 0.335 e. The first-order chi connectivity index (χ1) is 10.2. The van der Waals surface area contributed by atoms with Gasteiger partial charge in [-0.1, -0.05) is 6.07 Å². The molecule has 0 radical (unpaired) electrons. The molecular weight excluding hydrogens is 268 g/mol. The molecule has 0 heterocycles. The summed E-state index contributed by atoms with van der Waals surface area (Å²) in [6, 6.07) is 14.0. The van der Waals surface area contributed by atoms with Crippen LogP contribution in [0.1, 0.15) is 22.8 Å². The summed E-state index contributed by atoms with van der Waals surface area (Å²) < 4.78 is 5.35. The highest BCUT2D eigenvalue weighted by molar-refractivity contribution is 5.88. The number of nitrogens with one attached hydrogen (secondary N) is 1. The molecule has 0 aromatic heterocycles. The largest absolute Gasteiger partial charge is 0.494 e. The zero-order chi connectivity index (χ0) is 15.1. The number of rotatable bonds is 6. The quantitative estimate of drug-likeness (QED) is 0.631. The smallest absolute Gasteiger partial charge is 0.335 e. The molecule has 21 heavy (non-hydrogen) atoms. The second-order valence-corrected chi connectivity index (χ2v) is 4.26. The number of nitrogens with zero attached hydrogens (tertiary/aromatic N) is 1. The molecule has 2 rings (SSSR count). The summed E-state index contributed by atoms with van der Waals surface area (Å²) in [5, 5.41) is 13.0. The molecule has 0 bridgehead atoms. The molecule has 0 saturated carbocycles. The van der Waals surface area contributed by atoms with Crippen LogP contribution in [0, 0.1) is 0 Å². The molecule has 0 aliphatic rings. The Morgan fingerprint density at radius 3 is 2.71 bits per heavy atom. The molecule has 108 valence electrons. The minimum Gasteiger partial charge on any atom is -0.494 e. The van der Waals surface area contributed by atoms with Gasteiger partial charge in [0.25, 0.3) is 0 Å². The van der Waals surface area contributed by atoms with Crippen molar-refractivity contribution in [3.63, 3.8) is 0 Å². The molecular formula is C16H16N2O3. The van der Waals surface area contributed by atoms with Crippen LogP contribution < -0.4 is 10.2 Å². The van der Waals surface area contributed by atoms with Gasteiger partial charge in [-0.05, 0) is 55.0 Å². The van der Waals surface area contributed by atoms with Crippen molar-refractivity contribution in [2.24, 2.45) is 5.10 Å². The first-order valence-corrected chi connectivity index (χ1v) is 6.54. The average Bonchev–Trinajstić information content (AvgIpc) is 2.50. The number of ether oxygens (including phenoxy) is 1. The van der Waals surface area contributed by atoms with E-state index in [9.17, 15) is 4.79 Å². The summed E-state index contributed by atoms with van der Waals surface area (Å²) in [4.78, 5) is 10.9. The number of carboxylic acid groups (broad SMARTS) is 1. The van der Waals surface area contributed by atoms with Crippen LogP contribution in [0.15, 0.2) is 53.6 Å². The van der Waals surface area contributed by atoms with Gasteiger partial charge in [-0.25, -0.2) is 4.79 Å². The van der Waals surface area contributed by atoms with Crippen molar-refractivity contribution in [2.45, 2.75) is 6.92 Å². The predicted molar refractivity (Wildman–Crippen MR) is 82.2 cm³/mol. The molecule has 0 amide bonds. The zero-order valence-electron chi connectivity index (χ0n) is 11.6. The van der Waals surface area contributed by atoms with Crippen LogP contribution in [-0.2, 0) is 0 Å². The lowest BCUT2D eigenvalue weighted by Crippen LogP contribution is -1.97. The summed E-state index contributed by atoms with van der Waals surface area (Å²) in [6.07, 6.45) is 1.66. The maximum absolute atomic E-state index is 10.9. The average molecular weight is 284 g/mol. The van der Waals surface area contributed by atoms with Crippen LogP contribution in [-0.4, -0.2) is 23.9 Å². The Kier molecular flexibility index (Phi) is 4.93. The van der Waals surface area contributed by atoms with E-state index in [2.05, 4.69) is 10.5 Å². The van der Waals surface area contributed by atoms with Crippen LogP contribution in [0.4, 0.5) is 5.69 Å². The Balaban J connectivity index is 1.98. The second-order valence-electron chi connectivity index (χ2n) is 4.26. The van der Waals surface area contributed by atoms with Gasteiger partial charge in [0.1, 0.15) is 5.75 Å². The molecule has 2 aromatic carbocycles. The fraction of sp³-hybridized carbons (Fsp3) is 0.125. The number of anilines is 1. The molecule has 0 spiro atoms. The van der Waals surface area contributed by atoms with Crippen LogP contribution in [0.2, 0.25) is 0 Å². The summed E-state index contributed by atoms with van der Waals surface area (Å²) in [5.41, 5.74) is 4.56. The van der Waals surface area contributed by atoms with Crippen LogP contribution in [0.25, 0.3) is 0 Å². The van der Waals surface area contributed by atoms with Crippen molar-refractivity contribution < 1.29 is 14.6 Å².